The van der Waals surface area contributed by atoms with Crippen molar-refractivity contribution in [1.29, 1.82) is 0 Å². The van der Waals surface area contributed by atoms with Gasteiger partial charge in [0, 0.05) is 6.17 Å². The van der Waals surface area contributed by atoms with Crippen molar-refractivity contribution >= 4 is 8.07 Å². The minimum absolute atomic E-state index is 0.561. The molecule has 0 atom stereocenters. The van der Waals surface area contributed by atoms with Gasteiger partial charge < -0.3 is 0 Å². The lowest BCUT2D eigenvalue weighted by Gasteiger charge is -2.26. The summed E-state index contributed by atoms with van der Waals surface area (Å²) in [6.45, 7) is 10.1. The van der Waals surface area contributed by atoms with Crippen LogP contribution in [0.1, 0.15) is 12.5 Å². The van der Waals surface area contributed by atoms with Crippen LogP contribution in [0.15, 0.2) is 30.3 Å². The molecule has 1 aromatic carbocycles. The summed E-state index contributed by atoms with van der Waals surface area (Å²) in [5.41, 5.74) is 1.16. The first-order valence-electron chi connectivity index (χ1n) is 6.08. The SMILES string of the molecule is CCON(C[Si](C)(C)C)OCc1ccccc1. The van der Waals surface area contributed by atoms with Gasteiger partial charge in [0.25, 0.3) is 0 Å². The van der Waals surface area contributed by atoms with Crippen LogP contribution >= 0.6 is 0 Å². The molecule has 0 saturated carbocycles. The Labute approximate surface area is 105 Å². The minimum Gasteiger partial charge on any atom is -0.275 e. The summed E-state index contributed by atoms with van der Waals surface area (Å²) in [4.78, 5) is 11.2. The average Bonchev–Trinajstić information content (AvgIpc) is 2.26. The summed E-state index contributed by atoms with van der Waals surface area (Å²) >= 11 is 0. The third-order valence-electron chi connectivity index (χ3n) is 2.09. The van der Waals surface area contributed by atoms with Crippen LogP contribution in [0.3, 0.4) is 0 Å². The second-order valence-corrected chi connectivity index (χ2v) is 10.7. The fourth-order valence-corrected chi connectivity index (χ4v) is 2.34. The van der Waals surface area contributed by atoms with Crippen LogP contribution in [0.25, 0.3) is 0 Å². The van der Waals surface area contributed by atoms with E-state index in [0.717, 1.165) is 11.7 Å². The minimum atomic E-state index is -1.22. The molecule has 0 fully saturated rings. The van der Waals surface area contributed by atoms with E-state index in [9.17, 15) is 0 Å². The van der Waals surface area contributed by atoms with Gasteiger partial charge in [0.15, 0.2) is 0 Å². The summed E-state index contributed by atoms with van der Waals surface area (Å²) in [7, 11) is -1.22. The zero-order chi connectivity index (χ0) is 12.7. The Hall–Kier alpha value is -0.683. The lowest BCUT2D eigenvalue weighted by Crippen LogP contribution is -2.40. The summed E-state index contributed by atoms with van der Waals surface area (Å²) in [5.74, 6) is 0. The molecule has 0 radical (unpaired) electrons. The number of hydrogen-bond acceptors (Lipinski definition) is 3. The normalized spacial score (nSPS) is 12.1. The monoisotopic (exact) mass is 253 g/mol. The van der Waals surface area contributed by atoms with Crippen LogP contribution in [-0.2, 0) is 16.3 Å². The maximum Gasteiger partial charge on any atom is 0.0962 e. The first-order valence-corrected chi connectivity index (χ1v) is 9.79. The summed E-state index contributed by atoms with van der Waals surface area (Å²) < 4.78 is 0. The number of nitrogens with zero attached hydrogens (tertiary/aromatic N) is 1. The van der Waals surface area contributed by atoms with Crippen LogP contribution in [-0.4, -0.2) is 26.1 Å². The highest BCUT2D eigenvalue weighted by Gasteiger charge is 2.19. The van der Waals surface area contributed by atoms with Gasteiger partial charge in [-0.05, 0) is 12.5 Å². The summed E-state index contributed by atoms with van der Waals surface area (Å²) in [5, 5.41) is 1.65. The quantitative estimate of drug-likeness (QED) is 0.550. The van der Waals surface area contributed by atoms with Gasteiger partial charge in [0.05, 0.1) is 21.3 Å². The van der Waals surface area contributed by atoms with Crippen molar-refractivity contribution in [1.82, 2.24) is 5.23 Å². The Bertz CT molecular complexity index is 311. The molecule has 0 N–H and O–H groups in total. The van der Waals surface area contributed by atoms with Gasteiger partial charge in [-0.25, -0.2) is 0 Å². The Kier molecular flexibility index (Phi) is 5.84. The third kappa shape index (κ3) is 6.58. The lowest BCUT2D eigenvalue weighted by atomic mass is 10.2. The topological polar surface area (TPSA) is 21.7 Å². The Balaban J connectivity index is 2.44. The lowest BCUT2D eigenvalue weighted by molar-refractivity contribution is -0.364. The first kappa shape index (κ1) is 14.4. The van der Waals surface area contributed by atoms with E-state index in [4.69, 9.17) is 9.68 Å². The molecule has 0 spiro atoms. The standard InChI is InChI=1S/C13H23NO2Si/c1-5-15-14(12-17(2,3)4)16-11-13-9-7-6-8-10-13/h6-10H,5,11-12H2,1-4H3. The average molecular weight is 253 g/mol. The van der Waals surface area contributed by atoms with Gasteiger partial charge in [0.2, 0.25) is 0 Å². The fraction of sp³-hybridized carbons (Fsp3) is 0.538. The summed E-state index contributed by atoms with van der Waals surface area (Å²) in [6.07, 6.45) is 0.883. The van der Waals surface area contributed by atoms with Crippen LogP contribution in [0.2, 0.25) is 19.6 Å². The number of rotatable bonds is 7. The predicted molar refractivity (Wildman–Crippen MR) is 72.9 cm³/mol. The Morgan fingerprint density at radius 3 is 2.24 bits per heavy atom. The smallest absolute Gasteiger partial charge is 0.0962 e. The van der Waals surface area contributed by atoms with Gasteiger partial charge in [-0.2, -0.15) is 0 Å². The molecular formula is C13H23NO2Si. The Morgan fingerprint density at radius 2 is 1.71 bits per heavy atom. The zero-order valence-electron chi connectivity index (χ0n) is 11.3. The Morgan fingerprint density at radius 1 is 1.06 bits per heavy atom. The molecule has 4 heteroatoms. The predicted octanol–water partition coefficient (Wildman–Crippen LogP) is 3.25. The van der Waals surface area contributed by atoms with Gasteiger partial charge in [-0.1, -0.05) is 55.2 Å². The number of hydrogen-bond donors (Lipinski definition) is 0. The molecule has 0 amide bonds. The van der Waals surface area contributed by atoms with E-state index in [1.807, 2.05) is 25.1 Å². The number of hydroxylamine groups is 2. The highest BCUT2D eigenvalue weighted by molar-refractivity contribution is 6.76. The second kappa shape index (κ2) is 6.91. The van der Waals surface area contributed by atoms with Gasteiger partial charge in [-0.15, -0.1) is 0 Å². The van der Waals surface area contributed by atoms with E-state index in [1.165, 1.54) is 0 Å². The first-order chi connectivity index (χ1) is 8.01. The number of benzene rings is 1. The maximum absolute atomic E-state index is 5.69. The van der Waals surface area contributed by atoms with E-state index >= 15 is 0 Å². The molecular weight excluding hydrogens is 230 g/mol. The van der Waals surface area contributed by atoms with Crippen molar-refractivity contribution in [3.05, 3.63) is 35.9 Å². The molecule has 0 saturated heterocycles. The molecule has 96 valence electrons. The van der Waals surface area contributed by atoms with Gasteiger partial charge in [0.1, 0.15) is 0 Å². The third-order valence-corrected chi connectivity index (χ3v) is 3.30. The van der Waals surface area contributed by atoms with Crippen LogP contribution in [0.5, 0.6) is 0 Å². The van der Waals surface area contributed by atoms with Crippen molar-refractivity contribution < 1.29 is 9.68 Å². The highest BCUT2D eigenvalue weighted by atomic mass is 28.3. The van der Waals surface area contributed by atoms with Crippen molar-refractivity contribution in [3.8, 4) is 0 Å². The molecule has 0 aliphatic carbocycles. The van der Waals surface area contributed by atoms with Gasteiger partial charge >= 0.3 is 0 Å². The van der Waals surface area contributed by atoms with Gasteiger partial charge in [-0.3, -0.25) is 9.68 Å². The molecule has 17 heavy (non-hydrogen) atoms. The molecule has 1 aromatic rings. The van der Waals surface area contributed by atoms with Crippen LogP contribution in [0, 0.1) is 0 Å². The molecule has 0 bridgehead atoms. The van der Waals surface area contributed by atoms with Crippen molar-refractivity contribution in [3.63, 3.8) is 0 Å². The molecule has 0 aliphatic heterocycles. The van der Waals surface area contributed by atoms with E-state index in [-0.39, 0.29) is 0 Å². The van der Waals surface area contributed by atoms with Crippen molar-refractivity contribution in [2.75, 3.05) is 12.8 Å². The molecule has 3 nitrogen and oxygen atoms in total. The van der Waals surface area contributed by atoms with E-state index in [2.05, 4.69) is 31.8 Å². The second-order valence-electron chi connectivity index (χ2n) is 5.23. The molecule has 0 aliphatic rings. The zero-order valence-corrected chi connectivity index (χ0v) is 12.3. The van der Waals surface area contributed by atoms with Crippen molar-refractivity contribution in [2.45, 2.75) is 33.2 Å². The largest absolute Gasteiger partial charge is 0.275 e. The molecule has 0 heterocycles. The van der Waals surface area contributed by atoms with Crippen molar-refractivity contribution in [2.24, 2.45) is 0 Å². The molecule has 0 aromatic heterocycles. The molecule has 0 unspecified atom stereocenters. The maximum atomic E-state index is 5.69. The van der Waals surface area contributed by atoms with E-state index in [0.29, 0.717) is 13.2 Å². The van der Waals surface area contributed by atoms with E-state index < -0.39 is 8.07 Å². The summed E-state index contributed by atoms with van der Waals surface area (Å²) in [6, 6.07) is 10.1. The molecule has 1 rings (SSSR count). The van der Waals surface area contributed by atoms with E-state index in [1.54, 1.807) is 5.23 Å². The highest BCUT2D eigenvalue weighted by Crippen LogP contribution is 2.08. The fourth-order valence-electron chi connectivity index (χ4n) is 1.38. The van der Waals surface area contributed by atoms with Crippen LogP contribution < -0.4 is 0 Å². The van der Waals surface area contributed by atoms with Crippen LogP contribution in [0.4, 0.5) is 0 Å².